The minimum Gasteiger partial charge on any atom is -0.388 e. The van der Waals surface area contributed by atoms with Crippen LogP contribution in [0.15, 0.2) is 60.4 Å². The maximum Gasteiger partial charge on any atom is 0.142 e. The van der Waals surface area contributed by atoms with E-state index in [4.69, 9.17) is 17.3 Å². The minimum atomic E-state index is -1.02. The van der Waals surface area contributed by atoms with Crippen molar-refractivity contribution in [1.82, 2.24) is 14.5 Å². The van der Waals surface area contributed by atoms with Gasteiger partial charge in [-0.25, -0.2) is 14.4 Å². The molecule has 6 nitrogen and oxygen atoms in total. The number of aromatic nitrogens is 3. The summed E-state index contributed by atoms with van der Waals surface area (Å²) in [6.45, 7) is 1.95. The lowest BCUT2D eigenvalue weighted by atomic mass is 9.91. The highest BCUT2D eigenvalue weighted by molar-refractivity contribution is 6.33. The highest BCUT2D eigenvalue weighted by Crippen LogP contribution is 2.37. The highest BCUT2D eigenvalue weighted by atomic mass is 35.5. The van der Waals surface area contributed by atoms with E-state index in [1.165, 1.54) is 12.1 Å². The minimum absolute atomic E-state index is 0.138. The van der Waals surface area contributed by atoms with Gasteiger partial charge in [0.15, 0.2) is 0 Å². The van der Waals surface area contributed by atoms with Gasteiger partial charge in [0, 0.05) is 23.2 Å². The molecule has 0 spiro atoms. The molecule has 8 heteroatoms. The fourth-order valence-corrected chi connectivity index (χ4v) is 4.72. The molecule has 0 fully saturated rings. The molecule has 0 aliphatic heterocycles. The molecule has 4 aromatic rings. The van der Waals surface area contributed by atoms with Crippen molar-refractivity contribution in [3.05, 3.63) is 76.8 Å². The normalized spacial score (nSPS) is 21.9. The summed E-state index contributed by atoms with van der Waals surface area (Å²) in [5.74, 6) is -0.417. The van der Waals surface area contributed by atoms with E-state index in [2.05, 4.69) is 9.97 Å². The summed E-state index contributed by atoms with van der Waals surface area (Å²) >= 11 is 5.97. The number of aliphatic hydroxyl groups is 2. The third-order valence-electron chi connectivity index (χ3n) is 6.21. The Morgan fingerprint density at radius 3 is 2.88 bits per heavy atom. The molecule has 1 aliphatic carbocycles. The van der Waals surface area contributed by atoms with Crippen molar-refractivity contribution in [3.63, 3.8) is 0 Å². The van der Waals surface area contributed by atoms with Crippen LogP contribution in [0.25, 0.3) is 21.9 Å². The number of nitrogen functional groups attached to an aromatic ring is 1. The molecule has 0 radical (unpaired) electrons. The van der Waals surface area contributed by atoms with Crippen molar-refractivity contribution in [2.24, 2.45) is 5.92 Å². The average molecular weight is 453 g/mol. The van der Waals surface area contributed by atoms with Crippen molar-refractivity contribution >= 4 is 39.4 Å². The Morgan fingerprint density at radius 2 is 2.06 bits per heavy atom. The summed E-state index contributed by atoms with van der Waals surface area (Å²) in [6, 6.07) is 10.0. The smallest absolute Gasteiger partial charge is 0.142 e. The number of nitrogens with two attached hydrogens (primary N) is 1. The van der Waals surface area contributed by atoms with Crippen LogP contribution in [-0.2, 0) is 6.42 Å². The van der Waals surface area contributed by atoms with Crippen molar-refractivity contribution in [3.8, 4) is 0 Å². The van der Waals surface area contributed by atoms with Gasteiger partial charge in [0.25, 0.3) is 0 Å². The number of halogens is 2. The van der Waals surface area contributed by atoms with Gasteiger partial charge in [-0.2, -0.15) is 0 Å². The van der Waals surface area contributed by atoms with Crippen LogP contribution in [0.2, 0.25) is 5.02 Å². The molecule has 164 valence electrons. The van der Waals surface area contributed by atoms with Gasteiger partial charge < -0.3 is 20.5 Å². The van der Waals surface area contributed by atoms with Crippen LogP contribution in [0.5, 0.6) is 0 Å². The van der Waals surface area contributed by atoms with E-state index >= 15 is 0 Å². The molecule has 3 heterocycles. The fourth-order valence-electron chi connectivity index (χ4n) is 4.57. The third-order valence-corrected chi connectivity index (χ3v) is 6.51. The van der Waals surface area contributed by atoms with E-state index in [-0.39, 0.29) is 16.8 Å². The average Bonchev–Trinajstić information content (AvgIpc) is 3.31. The molecule has 1 aromatic carbocycles. The van der Waals surface area contributed by atoms with Gasteiger partial charge in [0.05, 0.1) is 16.6 Å². The monoisotopic (exact) mass is 452 g/mol. The summed E-state index contributed by atoms with van der Waals surface area (Å²) in [6.07, 6.45) is 3.90. The molecule has 5 rings (SSSR count). The number of pyridine rings is 2. The van der Waals surface area contributed by atoms with Crippen LogP contribution < -0.4 is 5.73 Å². The van der Waals surface area contributed by atoms with Crippen LogP contribution in [0.1, 0.15) is 18.5 Å². The van der Waals surface area contributed by atoms with E-state index in [1.54, 1.807) is 12.3 Å². The first-order valence-corrected chi connectivity index (χ1v) is 10.7. The molecule has 1 aliphatic rings. The Balaban J connectivity index is 1.45. The van der Waals surface area contributed by atoms with Crippen molar-refractivity contribution in [2.75, 3.05) is 5.73 Å². The van der Waals surface area contributed by atoms with E-state index in [0.29, 0.717) is 22.9 Å². The zero-order valence-electron chi connectivity index (χ0n) is 17.3. The van der Waals surface area contributed by atoms with Gasteiger partial charge in [-0.3, -0.25) is 0 Å². The standard InChI is InChI=1S/C24H22ClFN4O2/c1-12(7-13-8-18(26)16-10-17(25)23(27)29-19(16)9-13)15-11-20(22(32)21(15)31)30-6-4-14-3-2-5-28-24(14)30/h2-6,8-12,20-22,31-32H,7H2,1H3,(H2,27,29)/t12?,20-,21-,22+/m1/s1. The molecule has 1 unspecified atom stereocenters. The Labute approximate surface area is 188 Å². The molecular formula is C24H22ClFN4O2. The van der Waals surface area contributed by atoms with Crippen molar-refractivity contribution in [1.29, 1.82) is 0 Å². The molecule has 0 saturated carbocycles. The SMILES string of the molecule is CC(Cc1cc(F)c2cc(Cl)c(N)nc2c1)C1=C[C@@H](n2ccc3cccnc32)[C@H](O)[C@@H]1O. The molecule has 4 N–H and O–H groups in total. The number of hydrogen-bond acceptors (Lipinski definition) is 5. The molecule has 3 aromatic heterocycles. The first-order valence-electron chi connectivity index (χ1n) is 10.4. The molecule has 0 saturated heterocycles. The van der Waals surface area contributed by atoms with E-state index < -0.39 is 24.1 Å². The maximum atomic E-state index is 14.7. The Bertz CT molecular complexity index is 1370. The van der Waals surface area contributed by atoms with Crippen molar-refractivity contribution < 1.29 is 14.6 Å². The van der Waals surface area contributed by atoms with Gasteiger partial charge in [-0.15, -0.1) is 0 Å². The number of aliphatic hydroxyl groups excluding tert-OH is 2. The van der Waals surface area contributed by atoms with Gasteiger partial charge >= 0.3 is 0 Å². The summed E-state index contributed by atoms with van der Waals surface area (Å²) in [7, 11) is 0. The Hall–Kier alpha value is -3.00. The second-order valence-corrected chi connectivity index (χ2v) is 8.74. The number of fused-ring (bicyclic) bond motifs is 2. The van der Waals surface area contributed by atoms with Gasteiger partial charge in [0.2, 0.25) is 0 Å². The first kappa shape index (κ1) is 20.9. The predicted molar refractivity (Wildman–Crippen MR) is 123 cm³/mol. The van der Waals surface area contributed by atoms with E-state index in [0.717, 1.165) is 16.6 Å². The van der Waals surface area contributed by atoms with Crippen LogP contribution in [-0.4, -0.2) is 37.0 Å². The van der Waals surface area contributed by atoms with Crippen LogP contribution >= 0.6 is 11.6 Å². The van der Waals surface area contributed by atoms with Crippen molar-refractivity contribution in [2.45, 2.75) is 31.6 Å². The van der Waals surface area contributed by atoms with Gasteiger partial charge in [0.1, 0.15) is 29.5 Å². The molecular weight excluding hydrogens is 431 g/mol. The number of benzene rings is 1. The third kappa shape index (κ3) is 3.43. The summed E-state index contributed by atoms with van der Waals surface area (Å²) in [4.78, 5) is 8.60. The lowest BCUT2D eigenvalue weighted by Crippen LogP contribution is -2.30. The second kappa shape index (κ2) is 7.85. The van der Waals surface area contributed by atoms with Crippen LogP contribution in [0.3, 0.4) is 0 Å². The number of anilines is 1. The quantitative estimate of drug-likeness (QED) is 0.406. The lowest BCUT2D eigenvalue weighted by Gasteiger charge is -2.21. The largest absolute Gasteiger partial charge is 0.388 e. The topological polar surface area (TPSA) is 97.2 Å². The number of hydrogen-bond donors (Lipinski definition) is 3. The first-order chi connectivity index (χ1) is 15.3. The molecule has 4 atom stereocenters. The van der Waals surface area contributed by atoms with Gasteiger partial charge in [-0.05, 0) is 59.9 Å². The lowest BCUT2D eigenvalue weighted by molar-refractivity contribution is 0.0293. The van der Waals surface area contributed by atoms with Crippen LogP contribution in [0, 0.1) is 11.7 Å². The zero-order valence-corrected chi connectivity index (χ0v) is 18.0. The second-order valence-electron chi connectivity index (χ2n) is 8.34. The Morgan fingerprint density at radius 1 is 1.25 bits per heavy atom. The highest BCUT2D eigenvalue weighted by Gasteiger charge is 2.38. The summed E-state index contributed by atoms with van der Waals surface area (Å²) in [5.41, 5.74) is 8.38. The molecule has 0 amide bonds. The summed E-state index contributed by atoms with van der Waals surface area (Å²) < 4.78 is 16.5. The zero-order chi connectivity index (χ0) is 22.6. The number of rotatable bonds is 4. The fraction of sp³-hybridized carbons (Fsp3) is 0.250. The van der Waals surface area contributed by atoms with E-state index in [1.807, 2.05) is 42.0 Å². The molecule has 32 heavy (non-hydrogen) atoms. The Kier molecular flexibility index (Phi) is 5.12. The van der Waals surface area contributed by atoms with Crippen LogP contribution in [0.4, 0.5) is 10.2 Å². The van der Waals surface area contributed by atoms with Gasteiger partial charge in [-0.1, -0.05) is 24.6 Å². The molecule has 0 bridgehead atoms. The summed E-state index contributed by atoms with van der Waals surface area (Å²) in [5, 5.41) is 23.0. The van der Waals surface area contributed by atoms with E-state index in [9.17, 15) is 14.6 Å². The predicted octanol–water partition coefficient (Wildman–Crippen LogP) is 4.04. The maximum absolute atomic E-state index is 14.7. The number of nitrogens with zero attached hydrogens (tertiary/aromatic N) is 3.